The van der Waals surface area contributed by atoms with Crippen LogP contribution in [0.3, 0.4) is 0 Å². The first-order valence-corrected chi connectivity index (χ1v) is 8.91. The van der Waals surface area contributed by atoms with E-state index in [2.05, 4.69) is 53.4 Å². The van der Waals surface area contributed by atoms with E-state index in [1.165, 1.54) is 11.3 Å². The molecule has 0 unspecified atom stereocenters. The average molecular weight is 345 g/mol. The van der Waals surface area contributed by atoms with E-state index in [1.807, 2.05) is 24.3 Å². The minimum Gasteiger partial charge on any atom is -0.377 e. The summed E-state index contributed by atoms with van der Waals surface area (Å²) in [6.45, 7) is 9.43. The lowest BCUT2D eigenvalue weighted by Crippen LogP contribution is -2.50. The first kappa shape index (κ1) is 16.7. The molecule has 2 heterocycles. The number of hydrogen-bond donors (Lipinski definition) is 2. The van der Waals surface area contributed by atoms with Gasteiger partial charge in [0.05, 0.1) is 17.9 Å². The fourth-order valence-corrected chi connectivity index (χ4v) is 3.58. The zero-order valence-electron chi connectivity index (χ0n) is 14.5. The Balaban J connectivity index is 1.71. The molecule has 1 aromatic heterocycles. The van der Waals surface area contributed by atoms with Crippen molar-refractivity contribution in [2.45, 2.75) is 39.2 Å². The van der Waals surface area contributed by atoms with E-state index < -0.39 is 0 Å². The van der Waals surface area contributed by atoms with Gasteiger partial charge in [-0.25, -0.2) is 0 Å². The Morgan fingerprint density at radius 1 is 1.38 bits per heavy atom. The van der Waals surface area contributed by atoms with Crippen molar-refractivity contribution in [3.05, 3.63) is 29.3 Å². The summed E-state index contributed by atoms with van der Waals surface area (Å²) in [5.41, 5.74) is 2.01. The van der Waals surface area contributed by atoms with Gasteiger partial charge in [0.25, 0.3) is 0 Å². The van der Waals surface area contributed by atoms with Crippen LogP contribution in [-0.2, 0) is 4.79 Å². The molecule has 7 heteroatoms. The van der Waals surface area contributed by atoms with Crippen molar-refractivity contribution in [1.29, 1.82) is 0 Å². The number of fused-ring (bicyclic) bond motifs is 1. The van der Waals surface area contributed by atoms with Gasteiger partial charge in [0, 0.05) is 18.0 Å². The summed E-state index contributed by atoms with van der Waals surface area (Å²) in [5, 5.41) is 16.0. The van der Waals surface area contributed by atoms with E-state index in [1.54, 1.807) is 0 Å². The highest BCUT2D eigenvalue weighted by atomic mass is 32.1. The van der Waals surface area contributed by atoms with E-state index >= 15 is 0 Å². The Bertz CT molecular complexity index is 740. The van der Waals surface area contributed by atoms with Gasteiger partial charge in [0.15, 0.2) is 0 Å². The van der Waals surface area contributed by atoms with Gasteiger partial charge in [-0.15, -0.1) is 10.2 Å². The number of amides is 1. The summed E-state index contributed by atoms with van der Waals surface area (Å²) in [6.07, 6.45) is 0. The van der Waals surface area contributed by atoms with Crippen LogP contribution >= 0.6 is 11.3 Å². The summed E-state index contributed by atoms with van der Waals surface area (Å²) >= 11 is 1.43. The second-order valence-electron chi connectivity index (χ2n) is 7.03. The number of anilines is 3. The monoisotopic (exact) mass is 345 g/mol. The number of hydrogen-bond acceptors (Lipinski definition) is 6. The molecule has 0 radical (unpaired) electrons. The van der Waals surface area contributed by atoms with E-state index in [-0.39, 0.29) is 11.4 Å². The van der Waals surface area contributed by atoms with Gasteiger partial charge >= 0.3 is 0 Å². The van der Waals surface area contributed by atoms with Gasteiger partial charge in [-0.2, -0.15) is 0 Å². The number of aromatic nitrogens is 2. The second kappa shape index (κ2) is 6.39. The molecule has 1 aromatic carbocycles. The Kier molecular flexibility index (Phi) is 4.45. The molecule has 0 bridgehead atoms. The molecule has 0 saturated heterocycles. The summed E-state index contributed by atoms with van der Waals surface area (Å²) in [6, 6.07) is 8.07. The van der Waals surface area contributed by atoms with Crippen LogP contribution in [0.15, 0.2) is 24.3 Å². The molecular formula is C17H23N5OS. The van der Waals surface area contributed by atoms with Crippen molar-refractivity contribution in [1.82, 2.24) is 10.2 Å². The standard InChI is InChI=1S/C17H23N5OS/c1-11(2)15-20-21-16(24-15)18-14(23)9-22-10-17(3,4)19-12-7-5-6-8-13(12)22/h5-8,11,19H,9-10H2,1-4H3,(H,18,21,23). The molecule has 6 nitrogen and oxygen atoms in total. The Hall–Kier alpha value is -2.15. The topological polar surface area (TPSA) is 70.2 Å². The number of rotatable bonds is 4. The van der Waals surface area contributed by atoms with Crippen LogP contribution in [0.4, 0.5) is 16.5 Å². The van der Waals surface area contributed by atoms with Gasteiger partial charge in [-0.1, -0.05) is 37.3 Å². The highest BCUT2D eigenvalue weighted by molar-refractivity contribution is 7.15. The summed E-state index contributed by atoms with van der Waals surface area (Å²) in [5.74, 6) is 0.239. The number of carbonyl (C=O) groups is 1. The summed E-state index contributed by atoms with van der Waals surface area (Å²) < 4.78 is 0. The van der Waals surface area contributed by atoms with E-state index in [9.17, 15) is 4.79 Å². The van der Waals surface area contributed by atoms with Crippen molar-refractivity contribution < 1.29 is 4.79 Å². The highest BCUT2D eigenvalue weighted by Gasteiger charge is 2.30. The third-order valence-electron chi connectivity index (χ3n) is 3.82. The molecular weight excluding hydrogens is 322 g/mol. The first-order valence-electron chi connectivity index (χ1n) is 8.09. The third kappa shape index (κ3) is 3.67. The first-order chi connectivity index (χ1) is 11.3. The molecule has 3 rings (SSSR count). The number of nitrogens with one attached hydrogen (secondary N) is 2. The lowest BCUT2D eigenvalue weighted by Gasteiger charge is -2.41. The van der Waals surface area contributed by atoms with Crippen molar-refractivity contribution in [3.8, 4) is 0 Å². The molecule has 0 saturated carbocycles. The normalized spacial score (nSPS) is 15.8. The zero-order chi connectivity index (χ0) is 17.3. The molecule has 0 fully saturated rings. The lowest BCUT2D eigenvalue weighted by atomic mass is 9.99. The molecule has 1 aliphatic heterocycles. The van der Waals surface area contributed by atoms with Gasteiger partial charge in [-0.3, -0.25) is 10.1 Å². The van der Waals surface area contributed by atoms with Crippen LogP contribution < -0.4 is 15.5 Å². The molecule has 0 aliphatic carbocycles. The Morgan fingerprint density at radius 2 is 2.12 bits per heavy atom. The minimum atomic E-state index is -0.0951. The van der Waals surface area contributed by atoms with Crippen LogP contribution in [-0.4, -0.2) is 34.7 Å². The Labute approximate surface area is 146 Å². The zero-order valence-corrected chi connectivity index (χ0v) is 15.3. The van der Waals surface area contributed by atoms with Crippen molar-refractivity contribution in [3.63, 3.8) is 0 Å². The predicted octanol–water partition coefficient (Wildman–Crippen LogP) is 3.31. The molecule has 2 N–H and O–H groups in total. The molecule has 2 aromatic rings. The quantitative estimate of drug-likeness (QED) is 0.890. The van der Waals surface area contributed by atoms with Crippen molar-refractivity contribution in [2.75, 3.05) is 28.6 Å². The molecule has 0 atom stereocenters. The van der Waals surface area contributed by atoms with Gasteiger partial charge < -0.3 is 10.2 Å². The fourth-order valence-electron chi connectivity index (χ4n) is 2.81. The number of carbonyl (C=O) groups excluding carboxylic acids is 1. The fraction of sp³-hybridized carbons (Fsp3) is 0.471. The SMILES string of the molecule is CC(C)c1nnc(NC(=O)CN2CC(C)(C)Nc3ccccc32)s1. The summed E-state index contributed by atoms with van der Waals surface area (Å²) in [4.78, 5) is 14.5. The van der Waals surface area contributed by atoms with E-state index in [4.69, 9.17) is 0 Å². The maximum Gasteiger partial charge on any atom is 0.245 e. The molecule has 0 spiro atoms. The molecule has 128 valence electrons. The van der Waals surface area contributed by atoms with Crippen LogP contribution in [0, 0.1) is 0 Å². The predicted molar refractivity (Wildman–Crippen MR) is 99.0 cm³/mol. The van der Waals surface area contributed by atoms with Gasteiger partial charge in [0.1, 0.15) is 5.01 Å². The minimum absolute atomic E-state index is 0.0750. The van der Waals surface area contributed by atoms with Crippen molar-refractivity contribution in [2.24, 2.45) is 0 Å². The maximum absolute atomic E-state index is 12.4. The van der Waals surface area contributed by atoms with E-state index in [0.29, 0.717) is 17.6 Å². The van der Waals surface area contributed by atoms with Gasteiger partial charge in [-0.05, 0) is 26.0 Å². The van der Waals surface area contributed by atoms with Crippen LogP contribution in [0.5, 0.6) is 0 Å². The summed E-state index contributed by atoms with van der Waals surface area (Å²) in [7, 11) is 0. The van der Waals surface area contributed by atoms with Crippen LogP contribution in [0.1, 0.15) is 38.6 Å². The highest BCUT2D eigenvalue weighted by Crippen LogP contribution is 2.34. The third-order valence-corrected chi connectivity index (χ3v) is 4.96. The number of benzene rings is 1. The number of nitrogens with zero attached hydrogens (tertiary/aromatic N) is 3. The number of para-hydroxylation sites is 2. The smallest absolute Gasteiger partial charge is 0.245 e. The lowest BCUT2D eigenvalue weighted by molar-refractivity contribution is -0.115. The van der Waals surface area contributed by atoms with E-state index in [0.717, 1.165) is 22.9 Å². The average Bonchev–Trinajstić information content (AvgIpc) is 2.94. The Morgan fingerprint density at radius 3 is 2.83 bits per heavy atom. The largest absolute Gasteiger partial charge is 0.377 e. The van der Waals surface area contributed by atoms with Crippen LogP contribution in [0.25, 0.3) is 0 Å². The van der Waals surface area contributed by atoms with Gasteiger partial charge in [0.2, 0.25) is 11.0 Å². The van der Waals surface area contributed by atoms with Crippen molar-refractivity contribution >= 4 is 33.8 Å². The molecule has 1 aliphatic rings. The second-order valence-corrected chi connectivity index (χ2v) is 8.04. The van der Waals surface area contributed by atoms with Crippen LogP contribution in [0.2, 0.25) is 0 Å². The molecule has 1 amide bonds. The molecule has 24 heavy (non-hydrogen) atoms. The maximum atomic E-state index is 12.4.